The van der Waals surface area contributed by atoms with Crippen LogP contribution in [0.3, 0.4) is 0 Å². The summed E-state index contributed by atoms with van der Waals surface area (Å²) in [6, 6.07) is 18.7. The molecule has 33 heavy (non-hydrogen) atoms. The first-order valence-corrected chi connectivity index (χ1v) is 11.8. The molecule has 3 aromatic carbocycles. The number of aryl methyl sites for hydroxylation is 1. The van der Waals surface area contributed by atoms with E-state index in [1.807, 2.05) is 49.4 Å². The number of carbonyl (C=O) groups excluding carboxylic acids is 1. The van der Waals surface area contributed by atoms with Crippen molar-refractivity contribution in [2.24, 2.45) is 0 Å². The van der Waals surface area contributed by atoms with E-state index in [1.165, 1.54) is 16.9 Å². The number of hydrogen-bond donors (Lipinski definition) is 2. The molecule has 5 aromatic rings. The van der Waals surface area contributed by atoms with Crippen LogP contribution in [0.4, 0.5) is 5.69 Å². The third kappa shape index (κ3) is 4.43. The molecule has 2 aromatic heterocycles. The van der Waals surface area contributed by atoms with Gasteiger partial charge in [0.2, 0.25) is 0 Å². The largest absolute Gasteiger partial charge is 0.332 e. The number of fused-ring (bicyclic) bond motifs is 2. The highest BCUT2D eigenvalue weighted by molar-refractivity contribution is 7.80. The zero-order chi connectivity index (χ0) is 23.1. The van der Waals surface area contributed by atoms with Crippen LogP contribution in [0.1, 0.15) is 15.2 Å². The van der Waals surface area contributed by atoms with Crippen molar-refractivity contribution in [3.8, 4) is 5.69 Å². The van der Waals surface area contributed by atoms with Gasteiger partial charge < -0.3 is 5.32 Å². The summed E-state index contributed by atoms with van der Waals surface area (Å²) in [6.07, 6.45) is 0. The Morgan fingerprint density at radius 3 is 2.55 bits per heavy atom. The van der Waals surface area contributed by atoms with Crippen LogP contribution in [0.15, 0.2) is 60.7 Å². The quantitative estimate of drug-likeness (QED) is 0.275. The van der Waals surface area contributed by atoms with E-state index in [-0.39, 0.29) is 11.0 Å². The summed E-state index contributed by atoms with van der Waals surface area (Å²) in [5, 5.41) is 16.6. The van der Waals surface area contributed by atoms with Crippen molar-refractivity contribution in [3.63, 3.8) is 0 Å². The van der Waals surface area contributed by atoms with Gasteiger partial charge in [0.1, 0.15) is 15.9 Å². The third-order valence-corrected chi connectivity index (χ3v) is 7.02. The average Bonchev–Trinajstić information content (AvgIpc) is 3.34. The molecule has 0 bridgehead atoms. The van der Waals surface area contributed by atoms with Crippen LogP contribution in [0.5, 0.6) is 0 Å². The molecule has 0 unspecified atom stereocenters. The first-order chi connectivity index (χ1) is 15.9. The van der Waals surface area contributed by atoms with Gasteiger partial charge in [0.05, 0.1) is 10.7 Å². The van der Waals surface area contributed by atoms with Gasteiger partial charge >= 0.3 is 0 Å². The van der Waals surface area contributed by atoms with Crippen molar-refractivity contribution >= 4 is 84.6 Å². The molecular formula is C23H15Cl2N5OS2. The van der Waals surface area contributed by atoms with Crippen molar-refractivity contribution in [1.82, 2.24) is 20.3 Å². The number of anilines is 1. The standard InChI is InChI=1S/C23H15Cl2N5OS2/c1-12-2-6-15(7-3-12)30-28-17-9-5-14(11-18(17)29-30)26-23(32)27-22(31)21-20(25)16-8-4-13(24)10-19(16)33-21/h2-11H,1H3,(H2,26,27,31,32). The van der Waals surface area contributed by atoms with E-state index in [0.717, 1.165) is 21.3 Å². The number of thiocarbonyl (C=S) groups is 1. The van der Waals surface area contributed by atoms with E-state index in [1.54, 1.807) is 23.0 Å². The molecule has 0 aliphatic carbocycles. The number of thiophene rings is 1. The van der Waals surface area contributed by atoms with E-state index in [4.69, 9.17) is 35.4 Å². The molecule has 2 heterocycles. The van der Waals surface area contributed by atoms with Crippen LogP contribution in [0, 0.1) is 6.92 Å². The highest BCUT2D eigenvalue weighted by Crippen LogP contribution is 2.36. The lowest BCUT2D eigenvalue weighted by Gasteiger charge is -2.08. The Hall–Kier alpha value is -3.04. The Balaban J connectivity index is 1.32. The van der Waals surface area contributed by atoms with Crippen molar-refractivity contribution < 1.29 is 4.79 Å². The van der Waals surface area contributed by atoms with Gasteiger partial charge in [0.25, 0.3) is 5.91 Å². The molecule has 6 nitrogen and oxygen atoms in total. The summed E-state index contributed by atoms with van der Waals surface area (Å²) in [5.74, 6) is -0.388. The van der Waals surface area contributed by atoms with E-state index in [0.29, 0.717) is 26.1 Å². The van der Waals surface area contributed by atoms with Crippen LogP contribution >= 0.6 is 46.8 Å². The number of nitrogens with zero attached hydrogens (tertiary/aromatic N) is 3. The molecule has 10 heteroatoms. The summed E-state index contributed by atoms with van der Waals surface area (Å²) in [5.41, 5.74) is 4.15. The molecule has 0 fully saturated rings. The zero-order valence-corrected chi connectivity index (χ0v) is 20.2. The summed E-state index contributed by atoms with van der Waals surface area (Å²) in [6.45, 7) is 2.03. The Labute approximate surface area is 208 Å². The minimum atomic E-state index is -0.388. The van der Waals surface area contributed by atoms with Gasteiger partial charge in [-0.25, -0.2) is 0 Å². The van der Waals surface area contributed by atoms with Gasteiger partial charge in [0.15, 0.2) is 5.11 Å². The van der Waals surface area contributed by atoms with Crippen molar-refractivity contribution in [2.75, 3.05) is 5.32 Å². The molecule has 0 saturated heterocycles. The number of halogens is 2. The fraction of sp³-hybridized carbons (Fsp3) is 0.0435. The molecule has 1 amide bonds. The van der Waals surface area contributed by atoms with Crippen LogP contribution in [-0.4, -0.2) is 26.0 Å². The predicted molar refractivity (Wildman–Crippen MR) is 139 cm³/mol. The third-order valence-electron chi connectivity index (χ3n) is 4.93. The van der Waals surface area contributed by atoms with E-state index >= 15 is 0 Å². The maximum Gasteiger partial charge on any atom is 0.269 e. The molecule has 2 N–H and O–H groups in total. The molecule has 0 saturated carbocycles. The van der Waals surface area contributed by atoms with Gasteiger partial charge in [-0.3, -0.25) is 10.1 Å². The lowest BCUT2D eigenvalue weighted by molar-refractivity contribution is 0.0982. The monoisotopic (exact) mass is 511 g/mol. The number of hydrogen-bond acceptors (Lipinski definition) is 5. The number of nitrogens with one attached hydrogen (secondary N) is 2. The fourth-order valence-corrected chi connectivity index (χ4v) is 5.19. The SMILES string of the molecule is Cc1ccc(-n2nc3ccc(NC(=S)NC(=O)c4sc5cc(Cl)ccc5c4Cl)cc3n2)cc1. The van der Waals surface area contributed by atoms with Gasteiger partial charge in [-0.2, -0.15) is 4.80 Å². The summed E-state index contributed by atoms with van der Waals surface area (Å²) in [7, 11) is 0. The molecule has 0 radical (unpaired) electrons. The van der Waals surface area contributed by atoms with E-state index in [9.17, 15) is 4.79 Å². The lowest BCUT2D eigenvalue weighted by Crippen LogP contribution is -2.33. The second kappa shape index (κ2) is 8.72. The van der Waals surface area contributed by atoms with Crippen molar-refractivity contribution in [3.05, 3.63) is 81.1 Å². The summed E-state index contributed by atoms with van der Waals surface area (Å²) < 4.78 is 0.832. The van der Waals surface area contributed by atoms with Gasteiger partial charge in [-0.1, -0.05) is 47.0 Å². The van der Waals surface area contributed by atoms with Crippen LogP contribution < -0.4 is 10.6 Å². The summed E-state index contributed by atoms with van der Waals surface area (Å²) in [4.78, 5) is 14.7. The molecule has 5 rings (SSSR count). The topological polar surface area (TPSA) is 71.8 Å². The lowest BCUT2D eigenvalue weighted by atomic mass is 10.2. The minimum absolute atomic E-state index is 0.150. The molecular weight excluding hydrogens is 497 g/mol. The van der Waals surface area contributed by atoms with Gasteiger partial charge in [-0.15, -0.1) is 21.5 Å². The molecule has 0 aliphatic rings. The maximum absolute atomic E-state index is 12.7. The molecule has 0 atom stereocenters. The highest BCUT2D eigenvalue weighted by atomic mass is 35.5. The summed E-state index contributed by atoms with van der Waals surface area (Å²) >= 11 is 19.0. The molecule has 0 spiro atoms. The Kier molecular flexibility index (Phi) is 5.76. The number of benzene rings is 3. The predicted octanol–water partition coefficient (Wildman–Crippen LogP) is 6.38. The van der Waals surface area contributed by atoms with Crippen LogP contribution in [0.25, 0.3) is 26.8 Å². The van der Waals surface area contributed by atoms with Crippen molar-refractivity contribution in [2.45, 2.75) is 6.92 Å². The van der Waals surface area contributed by atoms with Crippen LogP contribution in [0.2, 0.25) is 10.0 Å². The molecule has 164 valence electrons. The number of amides is 1. The first kappa shape index (κ1) is 21.8. The Morgan fingerprint density at radius 2 is 1.76 bits per heavy atom. The van der Waals surface area contributed by atoms with Crippen molar-refractivity contribution in [1.29, 1.82) is 0 Å². The first-order valence-electron chi connectivity index (χ1n) is 9.81. The van der Waals surface area contributed by atoms with E-state index < -0.39 is 0 Å². The maximum atomic E-state index is 12.7. The smallest absolute Gasteiger partial charge is 0.269 e. The normalized spacial score (nSPS) is 11.1. The average molecular weight is 512 g/mol. The fourth-order valence-electron chi connectivity index (χ4n) is 3.29. The second-order valence-electron chi connectivity index (χ2n) is 7.32. The minimum Gasteiger partial charge on any atom is -0.332 e. The Morgan fingerprint density at radius 1 is 1.00 bits per heavy atom. The van der Waals surface area contributed by atoms with Gasteiger partial charge in [-0.05, 0) is 61.6 Å². The highest BCUT2D eigenvalue weighted by Gasteiger charge is 2.18. The Bertz CT molecular complexity index is 1540. The zero-order valence-electron chi connectivity index (χ0n) is 17.1. The number of rotatable bonds is 3. The molecule has 0 aliphatic heterocycles. The van der Waals surface area contributed by atoms with Gasteiger partial charge in [0, 0.05) is 20.8 Å². The van der Waals surface area contributed by atoms with Crippen LogP contribution in [-0.2, 0) is 0 Å². The number of aromatic nitrogens is 3. The number of carbonyl (C=O) groups is 1. The van der Waals surface area contributed by atoms with E-state index in [2.05, 4.69) is 20.8 Å². The second-order valence-corrected chi connectivity index (χ2v) is 9.60.